The van der Waals surface area contributed by atoms with Crippen molar-refractivity contribution in [3.05, 3.63) is 89.7 Å². The van der Waals surface area contributed by atoms with Crippen molar-refractivity contribution in [1.82, 2.24) is 9.47 Å². The molecule has 0 aliphatic carbocycles. The van der Waals surface area contributed by atoms with Crippen molar-refractivity contribution in [2.45, 2.75) is 25.8 Å². The molecule has 0 saturated heterocycles. The van der Waals surface area contributed by atoms with E-state index < -0.39 is 6.10 Å². The molecular weight excluding hydrogens is 404 g/mol. The zero-order valence-electron chi connectivity index (χ0n) is 19.0. The first-order valence-corrected chi connectivity index (χ1v) is 11.0. The molecule has 6 nitrogen and oxygen atoms in total. The fourth-order valence-electron chi connectivity index (χ4n) is 3.64. The third-order valence-corrected chi connectivity index (χ3v) is 5.30. The maximum absolute atomic E-state index is 10.6. The van der Waals surface area contributed by atoms with Crippen LogP contribution in [-0.4, -0.2) is 61.2 Å². The lowest BCUT2D eigenvalue weighted by Crippen LogP contribution is -2.37. The Morgan fingerprint density at radius 2 is 1.78 bits per heavy atom. The van der Waals surface area contributed by atoms with Crippen LogP contribution >= 0.6 is 0 Å². The summed E-state index contributed by atoms with van der Waals surface area (Å²) in [5.41, 5.74) is 3.47. The number of aromatic nitrogens is 1. The largest absolute Gasteiger partial charge is 0.497 e. The molecule has 1 N–H and O–H groups in total. The minimum absolute atomic E-state index is 0.295. The van der Waals surface area contributed by atoms with Gasteiger partial charge in [0.1, 0.15) is 5.75 Å². The molecule has 0 bridgehead atoms. The highest BCUT2D eigenvalue weighted by Crippen LogP contribution is 2.16. The van der Waals surface area contributed by atoms with Gasteiger partial charge in [0, 0.05) is 45.2 Å². The maximum Gasteiger partial charge on any atom is 0.119 e. The topological polar surface area (TPSA) is 56.1 Å². The molecule has 32 heavy (non-hydrogen) atoms. The van der Waals surface area contributed by atoms with E-state index in [1.807, 2.05) is 42.5 Å². The van der Waals surface area contributed by atoms with E-state index in [4.69, 9.17) is 14.2 Å². The minimum atomic E-state index is -0.572. The molecule has 172 valence electrons. The van der Waals surface area contributed by atoms with Gasteiger partial charge >= 0.3 is 0 Å². The van der Waals surface area contributed by atoms with Gasteiger partial charge in [-0.1, -0.05) is 42.5 Å². The van der Waals surface area contributed by atoms with Gasteiger partial charge in [-0.15, -0.1) is 0 Å². The molecule has 0 saturated carbocycles. The molecule has 0 fully saturated rings. The number of nitrogens with zero attached hydrogens (tertiary/aromatic N) is 2. The Bertz CT molecular complexity index is 913. The lowest BCUT2D eigenvalue weighted by molar-refractivity contribution is 0.00443. The quantitative estimate of drug-likeness (QED) is 0.417. The number of ether oxygens (including phenoxy) is 3. The lowest BCUT2D eigenvalue weighted by Gasteiger charge is -2.25. The van der Waals surface area contributed by atoms with Crippen molar-refractivity contribution in [2.24, 2.45) is 0 Å². The van der Waals surface area contributed by atoms with Crippen LogP contribution in [-0.2, 0) is 29.2 Å². The number of methoxy groups -OCH3 is 2. The maximum atomic E-state index is 10.6. The van der Waals surface area contributed by atoms with Crippen molar-refractivity contribution in [1.29, 1.82) is 0 Å². The summed E-state index contributed by atoms with van der Waals surface area (Å²) in [4.78, 5) is 2.21. The van der Waals surface area contributed by atoms with Crippen molar-refractivity contribution in [3.8, 4) is 5.75 Å². The predicted octanol–water partition coefficient (Wildman–Crippen LogP) is 3.57. The SMILES string of the molecule is COCCN(Cc1cccn1Cc1cccc(OC)c1)CC(O)COCc1ccccc1. The molecule has 6 heteroatoms. The standard InChI is InChI=1S/C26H34N2O4/c1-30-15-14-27(19-25(29)21-32-20-22-8-4-3-5-9-22)18-24-11-7-13-28(24)17-23-10-6-12-26(16-23)31-2/h3-13,16,25,29H,14-15,17-21H2,1-2H3. The molecule has 0 aliphatic heterocycles. The van der Waals surface area contributed by atoms with Gasteiger partial charge in [0.15, 0.2) is 0 Å². The first kappa shape index (κ1) is 24.0. The number of hydrogen-bond acceptors (Lipinski definition) is 5. The van der Waals surface area contributed by atoms with E-state index in [0.717, 1.165) is 30.9 Å². The molecule has 1 atom stereocenters. The molecular formula is C26H34N2O4. The van der Waals surface area contributed by atoms with Crippen LogP contribution in [0.1, 0.15) is 16.8 Å². The number of benzene rings is 2. The average molecular weight is 439 g/mol. The Morgan fingerprint density at radius 1 is 0.969 bits per heavy atom. The Kier molecular flexibility index (Phi) is 9.78. The smallest absolute Gasteiger partial charge is 0.119 e. The van der Waals surface area contributed by atoms with E-state index in [9.17, 15) is 5.11 Å². The molecule has 0 radical (unpaired) electrons. The molecule has 2 aromatic carbocycles. The number of rotatable bonds is 14. The Morgan fingerprint density at radius 3 is 2.56 bits per heavy atom. The highest BCUT2D eigenvalue weighted by molar-refractivity contribution is 5.29. The second-order valence-electron chi connectivity index (χ2n) is 7.86. The molecule has 1 heterocycles. The lowest BCUT2D eigenvalue weighted by atomic mass is 10.2. The number of aliphatic hydroxyl groups is 1. The Hall–Kier alpha value is -2.64. The van der Waals surface area contributed by atoms with Crippen molar-refractivity contribution in [3.63, 3.8) is 0 Å². The third kappa shape index (κ3) is 7.80. The summed E-state index contributed by atoms with van der Waals surface area (Å²) >= 11 is 0. The highest BCUT2D eigenvalue weighted by Gasteiger charge is 2.15. The molecule has 3 aromatic rings. The molecule has 0 amide bonds. The van der Waals surface area contributed by atoms with Crippen LogP contribution in [0.5, 0.6) is 5.75 Å². The summed E-state index contributed by atoms with van der Waals surface area (Å²) in [6.45, 7) is 4.13. The van der Waals surface area contributed by atoms with Crippen LogP contribution in [0.25, 0.3) is 0 Å². The van der Waals surface area contributed by atoms with Gasteiger partial charge in [0.25, 0.3) is 0 Å². The van der Waals surface area contributed by atoms with Gasteiger partial charge in [-0.05, 0) is 35.4 Å². The second-order valence-corrected chi connectivity index (χ2v) is 7.86. The van der Waals surface area contributed by atoms with Crippen molar-refractivity contribution in [2.75, 3.05) is 40.5 Å². The fraction of sp³-hybridized carbons (Fsp3) is 0.385. The normalized spacial score (nSPS) is 12.2. The van der Waals surface area contributed by atoms with Gasteiger partial charge in [0.05, 0.1) is 33.0 Å². The summed E-state index contributed by atoms with van der Waals surface area (Å²) in [6.07, 6.45) is 1.51. The average Bonchev–Trinajstić information content (AvgIpc) is 3.24. The molecule has 3 rings (SSSR count). The zero-order valence-corrected chi connectivity index (χ0v) is 19.0. The van der Waals surface area contributed by atoms with Gasteiger partial charge < -0.3 is 23.9 Å². The summed E-state index contributed by atoms with van der Waals surface area (Å²) in [5.74, 6) is 0.858. The highest BCUT2D eigenvalue weighted by atomic mass is 16.5. The minimum Gasteiger partial charge on any atom is -0.497 e. The van der Waals surface area contributed by atoms with Gasteiger partial charge in [-0.2, -0.15) is 0 Å². The van der Waals surface area contributed by atoms with Crippen molar-refractivity contribution >= 4 is 0 Å². The summed E-state index contributed by atoms with van der Waals surface area (Å²) in [5, 5.41) is 10.6. The molecule has 0 spiro atoms. The van der Waals surface area contributed by atoms with E-state index in [-0.39, 0.29) is 0 Å². The van der Waals surface area contributed by atoms with Crippen LogP contribution in [0.2, 0.25) is 0 Å². The van der Waals surface area contributed by atoms with E-state index >= 15 is 0 Å². The van der Waals surface area contributed by atoms with Crippen LogP contribution in [0, 0.1) is 0 Å². The molecule has 1 aromatic heterocycles. The van der Waals surface area contributed by atoms with Crippen LogP contribution in [0.3, 0.4) is 0 Å². The third-order valence-electron chi connectivity index (χ3n) is 5.30. The van der Waals surface area contributed by atoms with Crippen LogP contribution < -0.4 is 4.74 Å². The number of hydrogen-bond donors (Lipinski definition) is 1. The summed E-state index contributed by atoms with van der Waals surface area (Å²) < 4.78 is 18.6. The molecule has 0 aliphatic rings. The fourth-order valence-corrected chi connectivity index (χ4v) is 3.64. The van der Waals surface area contributed by atoms with E-state index in [2.05, 4.69) is 39.9 Å². The van der Waals surface area contributed by atoms with E-state index in [1.165, 1.54) is 11.3 Å². The van der Waals surface area contributed by atoms with Gasteiger partial charge in [-0.3, -0.25) is 4.90 Å². The summed E-state index contributed by atoms with van der Waals surface area (Å²) in [7, 11) is 3.38. The Labute approximate surface area is 191 Å². The predicted molar refractivity (Wildman–Crippen MR) is 126 cm³/mol. The number of aliphatic hydroxyl groups excluding tert-OH is 1. The monoisotopic (exact) mass is 438 g/mol. The zero-order chi connectivity index (χ0) is 22.6. The van der Waals surface area contributed by atoms with Gasteiger partial charge in [-0.25, -0.2) is 0 Å². The van der Waals surface area contributed by atoms with Crippen molar-refractivity contribution < 1.29 is 19.3 Å². The van der Waals surface area contributed by atoms with Crippen LogP contribution in [0.4, 0.5) is 0 Å². The van der Waals surface area contributed by atoms with Crippen LogP contribution in [0.15, 0.2) is 72.9 Å². The molecule has 1 unspecified atom stereocenters. The first-order valence-electron chi connectivity index (χ1n) is 11.0. The second kappa shape index (κ2) is 13.0. The van der Waals surface area contributed by atoms with E-state index in [0.29, 0.717) is 26.4 Å². The first-order chi connectivity index (χ1) is 15.7. The summed E-state index contributed by atoms with van der Waals surface area (Å²) in [6, 6.07) is 22.3. The van der Waals surface area contributed by atoms with E-state index in [1.54, 1.807) is 14.2 Å². The Balaban J connectivity index is 1.56. The van der Waals surface area contributed by atoms with Gasteiger partial charge in [0.2, 0.25) is 0 Å².